The van der Waals surface area contributed by atoms with Crippen LogP contribution in [0.5, 0.6) is 0 Å². The molecule has 0 radical (unpaired) electrons. The third kappa shape index (κ3) is 3.36. The van der Waals surface area contributed by atoms with Gasteiger partial charge in [-0.2, -0.15) is 5.10 Å². The van der Waals surface area contributed by atoms with Crippen molar-refractivity contribution in [2.45, 2.75) is 11.1 Å². The molecular weight excluding hydrogens is 353 g/mol. The van der Waals surface area contributed by atoms with Crippen LogP contribution in [0.25, 0.3) is 11.3 Å². The van der Waals surface area contributed by atoms with Crippen LogP contribution in [-0.4, -0.2) is 18.6 Å². The van der Waals surface area contributed by atoms with E-state index < -0.39 is 15.8 Å². The number of aromatic amines is 1. The number of aromatic nitrogens is 2. The molecule has 0 saturated heterocycles. The van der Waals surface area contributed by atoms with E-state index in [-0.39, 0.29) is 15.5 Å². The Hall–Kier alpha value is -2.52. The predicted octanol–water partition coefficient (Wildman–Crippen LogP) is 2.75. The summed E-state index contributed by atoms with van der Waals surface area (Å²) in [7, 11) is -3.79. The number of benzene rings is 1. The molecule has 0 unspecified atom stereocenters. The van der Waals surface area contributed by atoms with Crippen molar-refractivity contribution >= 4 is 27.0 Å². The summed E-state index contributed by atoms with van der Waals surface area (Å²) >= 11 is 1.03. The molecule has 3 rings (SSSR count). The maximum absolute atomic E-state index is 13.3. The fraction of sp³-hybridized carbons (Fsp3) is 0.0667. The molecule has 1 aromatic carbocycles. The van der Waals surface area contributed by atoms with Gasteiger partial charge in [-0.15, -0.1) is 11.3 Å². The van der Waals surface area contributed by atoms with Gasteiger partial charge in [0.05, 0.1) is 5.69 Å². The fourth-order valence-electron chi connectivity index (χ4n) is 2.01. The number of anilines is 1. The van der Waals surface area contributed by atoms with Gasteiger partial charge in [-0.3, -0.25) is 9.52 Å². The van der Waals surface area contributed by atoms with Crippen molar-refractivity contribution in [1.82, 2.24) is 10.2 Å². The largest absolute Gasteiger partial charge is 0.279 e. The van der Waals surface area contributed by atoms with Crippen molar-refractivity contribution in [3.63, 3.8) is 0 Å². The van der Waals surface area contributed by atoms with Crippen molar-refractivity contribution in [2.75, 3.05) is 4.72 Å². The van der Waals surface area contributed by atoms with Crippen molar-refractivity contribution < 1.29 is 12.8 Å². The van der Waals surface area contributed by atoms with Gasteiger partial charge in [0.15, 0.2) is 0 Å². The molecular formula is C15H12FN3O3S2. The van der Waals surface area contributed by atoms with E-state index >= 15 is 0 Å². The average molecular weight is 365 g/mol. The van der Waals surface area contributed by atoms with Gasteiger partial charge in [0, 0.05) is 22.7 Å². The summed E-state index contributed by atoms with van der Waals surface area (Å²) in [6, 6.07) is 8.27. The molecule has 124 valence electrons. The molecule has 0 aliphatic carbocycles. The minimum atomic E-state index is -3.79. The highest BCUT2D eigenvalue weighted by Gasteiger charge is 2.18. The zero-order chi connectivity index (χ0) is 17.3. The molecule has 2 N–H and O–H groups in total. The number of nitrogens with one attached hydrogen (secondary N) is 2. The highest BCUT2D eigenvalue weighted by Crippen LogP contribution is 2.28. The van der Waals surface area contributed by atoms with Gasteiger partial charge >= 0.3 is 0 Å². The number of nitrogens with zero attached hydrogens (tertiary/aromatic N) is 1. The maximum Gasteiger partial charge on any atom is 0.271 e. The first-order valence-electron chi connectivity index (χ1n) is 6.79. The Morgan fingerprint density at radius 2 is 2.00 bits per heavy atom. The van der Waals surface area contributed by atoms with Crippen LogP contribution in [0.1, 0.15) is 5.56 Å². The Kier molecular flexibility index (Phi) is 4.20. The average Bonchev–Trinajstić information content (AvgIpc) is 3.02. The zero-order valence-electron chi connectivity index (χ0n) is 12.4. The SMILES string of the molecule is Cc1cc(NS(=O)(=O)c2cc(-c3ccc(=O)[nH]n3)cs2)ccc1F. The summed E-state index contributed by atoms with van der Waals surface area (Å²) in [5, 5.41) is 7.79. The molecule has 0 spiro atoms. The molecule has 2 aromatic heterocycles. The molecule has 0 aliphatic rings. The maximum atomic E-state index is 13.3. The van der Waals surface area contributed by atoms with Crippen LogP contribution in [0.15, 0.2) is 50.8 Å². The second-order valence-electron chi connectivity index (χ2n) is 5.03. The van der Waals surface area contributed by atoms with E-state index in [1.54, 1.807) is 12.3 Å². The number of rotatable bonds is 4. The van der Waals surface area contributed by atoms with E-state index in [1.807, 2.05) is 0 Å². The van der Waals surface area contributed by atoms with Crippen molar-refractivity contribution in [3.8, 4) is 11.3 Å². The number of aryl methyl sites for hydroxylation is 1. The second-order valence-corrected chi connectivity index (χ2v) is 7.85. The first-order valence-corrected chi connectivity index (χ1v) is 9.15. The van der Waals surface area contributed by atoms with Crippen LogP contribution in [0.3, 0.4) is 0 Å². The minimum absolute atomic E-state index is 0.0903. The number of sulfonamides is 1. The van der Waals surface area contributed by atoms with Gasteiger partial charge in [0.25, 0.3) is 15.6 Å². The number of hydrogen-bond acceptors (Lipinski definition) is 5. The topological polar surface area (TPSA) is 91.9 Å². The Morgan fingerprint density at radius 3 is 2.67 bits per heavy atom. The summed E-state index contributed by atoms with van der Waals surface area (Å²) in [6.07, 6.45) is 0. The van der Waals surface area contributed by atoms with E-state index in [0.717, 1.165) is 11.3 Å². The van der Waals surface area contributed by atoms with Gasteiger partial charge in [-0.1, -0.05) is 0 Å². The quantitative estimate of drug-likeness (QED) is 0.744. The van der Waals surface area contributed by atoms with E-state index in [0.29, 0.717) is 16.8 Å². The third-order valence-electron chi connectivity index (χ3n) is 3.23. The van der Waals surface area contributed by atoms with Crippen molar-refractivity contribution in [3.05, 3.63) is 63.5 Å². The van der Waals surface area contributed by atoms with Gasteiger partial charge in [0.1, 0.15) is 10.0 Å². The van der Waals surface area contributed by atoms with E-state index in [1.165, 1.54) is 36.4 Å². The highest BCUT2D eigenvalue weighted by molar-refractivity contribution is 7.94. The third-order valence-corrected chi connectivity index (χ3v) is 6.05. The van der Waals surface area contributed by atoms with Crippen molar-refractivity contribution in [1.29, 1.82) is 0 Å². The summed E-state index contributed by atoms with van der Waals surface area (Å²) in [4.78, 5) is 11.0. The summed E-state index contributed by atoms with van der Waals surface area (Å²) in [5.41, 5.74) is 1.33. The van der Waals surface area contributed by atoms with Crippen LogP contribution in [0.4, 0.5) is 10.1 Å². The number of hydrogen-bond donors (Lipinski definition) is 2. The lowest BCUT2D eigenvalue weighted by Crippen LogP contribution is -2.11. The molecule has 9 heteroatoms. The lowest BCUT2D eigenvalue weighted by atomic mass is 10.2. The van der Waals surface area contributed by atoms with E-state index in [2.05, 4.69) is 14.9 Å². The smallest absolute Gasteiger partial charge is 0.271 e. The van der Waals surface area contributed by atoms with Gasteiger partial charge in [-0.25, -0.2) is 17.9 Å². The Bertz CT molecular complexity index is 1040. The molecule has 0 amide bonds. The fourth-order valence-corrected chi connectivity index (χ4v) is 4.23. The lowest BCUT2D eigenvalue weighted by Gasteiger charge is -2.07. The molecule has 0 aliphatic heterocycles. The highest BCUT2D eigenvalue weighted by atomic mass is 32.2. The number of halogens is 1. The normalized spacial score (nSPS) is 11.4. The first kappa shape index (κ1) is 16.3. The number of thiophene rings is 1. The predicted molar refractivity (Wildman–Crippen MR) is 90.1 cm³/mol. The summed E-state index contributed by atoms with van der Waals surface area (Å²) in [6.45, 7) is 1.55. The molecule has 0 fully saturated rings. The number of H-pyrrole nitrogens is 1. The standard InChI is InChI=1S/C15H12FN3O3S2/c1-9-6-11(2-3-12(9)16)19-24(21,22)15-7-10(8-23-15)13-4-5-14(20)18-17-13/h2-8,19H,1H3,(H,18,20). The van der Waals surface area contributed by atoms with Crippen LogP contribution in [-0.2, 0) is 10.0 Å². The zero-order valence-corrected chi connectivity index (χ0v) is 14.0. The lowest BCUT2D eigenvalue weighted by molar-refractivity contribution is 0.602. The molecule has 24 heavy (non-hydrogen) atoms. The minimum Gasteiger partial charge on any atom is -0.279 e. The van der Waals surface area contributed by atoms with Crippen molar-refractivity contribution in [2.24, 2.45) is 0 Å². The molecule has 6 nitrogen and oxygen atoms in total. The summed E-state index contributed by atoms with van der Waals surface area (Å²) < 4.78 is 40.6. The van der Waals surface area contributed by atoms with E-state index in [9.17, 15) is 17.6 Å². The van der Waals surface area contributed by atoms with Crippen LogP contribution >= 0.6 is 11.3 Å². The van der Waals surface area contributed by atoms with E-state index in [4.69, 9.17) is 0 Å². The van der Waals surface area contributed by atoms with Gasteiger partial charge in [-0.05, 0) is 42.8 Å². The van der Waals surface area contributed by atoms with Crippen LogP contribution in [0.2, 0.25) is 0 Å². The summed E-state index contributed by atoms with van der Waals surface area (Å²) in [5.74, 6) is -0.402. The Balaban J connectivity index is 1.89. The monoisotopic (exact) mass is 365 g/mol. The molecule has 0 atom stereocenters. The Morgan fingerprint density at radius 1 is 1.21 bits per heavy atom. The second kappa shape index (κ2) is 6.17. The molecule has 0 saturated carbocycles. The molecule has 3 aromatic rings. The van der Waals surface area contributed by atoms with Crippen LogP contribution in [0, 0.1) is 12.7 Å². The Labute approximate surface area is 141 Å². The molecule has 2 heterocycles. The first-order chi connectivity index (χ1) is 11.3. The van der Waals surface area contributed by atoms with Crippen LogP contribution < -0.4 is 10.3 Å². The van der Waals surface area contributed by atoms with Gasteiger partial charge < -0.3 is 0 Å². The molecule has 0 bridgehead atoms. The van der Waals surface area contributed by atoms with Gasteiger partial charge in [0.2, 0.25) is 0 Å².